The Labute approximate surface area is 191 Å². The first-order valence-corrected chi connectivity index (χ1v) is 13.4. The third-order valence-corrected chi connectivity index (χ3v) is 10.4. The molecular weight excluding hydrogens is 456 g/mol. The Morgan fingerprint density at radius 1 is 1.09 bits per heavy atom. The second-order valence-electron chi connectivity index (χ2n) is 9.50. The molecule has 6 nitrogen and oxygen atoms in total. The number of rotatable bonds is 7. The highest BCUT2D eigenvalue weighted by Crippen LogP contribution is 2.37. The van der Waals surface area contributed by atoms with Crippen LogP contribution in [0.3, 0.4) is 0 Å². The summed E-state index contributed by atoms with van der Waals surface area (Å²) in [7, 11) is -2.02. The number of benzene rings is 1. The van der Waals surface area contributed by atoms with E-state index in [4.69, 9.17) is 4.43 Å². The molecule has 0 radical (unpaired) electrons. The van der Waals surface area contributed by atoms with Crippen LogP contribution >= 0.6 is 0 Å². The first-order valence-electron chi connectivity index (χ1n) is 10.5. The molecule has 2 aromatic rings. The maximum Gasteiger partial charge on any atom is 0.425 e. The minimum atomic E-state index is -4.42. The van der Waals surface area contributed by atoms with Crippen LogP contribution in [-0.2, 0) is 15.9 Å². The molecule has 3 rings (SSSR count). The van der Waals surface area contributed by atoms with E-state index in [1.54, 1.807) is 23.1 Å². The van der Waals surface area contributed by atoms with Crippen LogP contribution in [0.25, 0.3) is 11.1 Å². The first-order chi connectivity index (χ1) is 15.3. The van der Waals surface area contributed by atoms with E-state index < -0.39 is 21.1 Å². The first kappa shape index (κ1) is 25.1. The Morgan fingerprint density at radius 3 is 2.30 bits per heavy atom. The summed E-state index contributed by atoms with van der Waals surface area (Å²) < 4.78 is 57.6. The molecule has 180 valence electrons. The van der Waals surface area contributed by atoms with Gasteiger partial charge in [0, 0.05) is 29.1 Å². The highest BCUT2D eigenvalue weighted by atomic mass is 28.4. The van der Waals surface area contributed by atoms with Gasteiger partial charge in [0.2, 0.25) is 12.6 Å². The maximum atomic E-state index is 15.2. The number of oxime groups is 1. The molecule has 0 saturated carbocycles. The van der Waals surface area contributed by atoms with E-state index in [0.29, 0.717) is 28.4 Å². The van der Waals surface area contributed by atoms with Gasteiger partial charge in [0.25, 0.3) is 0 Å². The molecule has 0 amide bonds. The smallest absolute Gasteiger partial charge is 0.412 e. The lowest BCUT2D eigenvalue weighted by Gasteiger charge is -2.36. The molecule has 2 heterocycles. The molecular formula is C22H28F4N4O2Si. The minimum absolute atomic E-state index is 0.0244. The SMILES string of the molecule is CC(C)(C)[Si](C)(C)OCc1cccc(-c2cnc(N3CC(=NOCC(F)(F)F)C3)nc2)c1F. The largest absolute Gasteiger partial charge is 0.425 e. The lowest BCUT2D eigenvalue weighted by molar-refractivity contribution is -0.173. The maximum absolute atomic E-state index is 15.2. The fourth-order valence-electron chi connectivity index (χ4n) is 2.80. The van der Waals surface area contributed by atoms with Crippen molar-refractivity contribution in [2.75, 3.05) is 24.6 Å². The van der Waals surface area contributed by atoms with Gasteiger partial charge in [-0.25, -0.2) is 14.4 Å². The van der Waals surface area contributed by atoms with Gasteiger partial charge in [-0.1, -0.05) is 44.1 Å². The Bertz CT molecular complexity index is 997. The van der Waals surface area contributed by atoms with Gasteiger partial charge in [0.1, 0.15) is 5.82 Å². The minimum Gasteiger partial charge on any atom is -0.412 e. The van der Waals surface area contributed by atoms with E-state index in [0.717, 1.165) is 0 Å². The number of nitrogens with zero attached hydrogens (tertiary/aromatic N) is 4. The third-order valence-electron chi connectivity index (χ3n) is 5.87. The van der Waals surface area contributed by atoms with Gasteiger partial charge < -0.3 is 14.2 Å². The van der Waals surface area contributed by atoms with Gasteiger partial charge in [-0.15, -0.1) is 0 Å². The van der Waals surface area contributed by atoms with E-state index in [9.17, 15) is 13.2 Å². The average molecular weight is 485 g/mol. The molecule has 33 heavy (non-hydrogen) atoms. The molecule has 1 aliphatic heterocycles. The molecule has 0 N–H and O–H groups in total. The molecule has 11 heteroatoms. The van der Waals surface area contributed by atoms with E-state index in [2.05, 4.69) is 53.8 Å². The third kappa shape index (κ3) is 6.29. The number of anilines is 1. The van der Waals surface area contributed by atoms with Crippen molar-refractivity contribution in [1.82, 2.24) is 9.97 Å². The quantitative estimate of drug-likeness (QED) is 0.293. The van der Waals surface area contributed by atoms with Crippen molar-refractivity contribution in [3.8, 4) is 11.1 Å². The molecule has 0 unspecified atom stereocenters. The number of hydrogen-bond donors (Lipinski definition) is 0. The predicted octanol–water partition coefficient (Wildman–Crippen LogP) is 5.56. The zero-order chi connectivity index (χ0) is 24.4. The predicted molar refractivity (Wildman–Crippen MR) is 121 cm³/mol. The van der Waals surface area contributed by atoms with Crippen LogP contribution < -0.4 is 4.90 Å². The molecule has 0 atom stereocenters. The standard InChI is InChI=1S/C22H28F4N4O2Si/c1-21(2,3)33(4,5)32-13-15-7-6-8-18(19(15)23)16-9-27-20(28-10-16)30-11-17(12-30)29-31-14-22(24,25)26/h6-10H,11-14H2,1-5H3. The van der Waals surface area contributed by atoms with Crippen LogP contribution in [-0.4, -0.2) is 49.9 Å². The van der Waals surface area contributed by atoms with Gasteiger partial charge in [-0.3, -0.25) is 0 Å². The van der Waals surface area contributed by atoms with Crippen LogP contribution in [0.1, 0.15) is 26.3 Å². The lowest BCUT2D eigenvalue weighted by Crippen LogP contribution is -2.48. The summed E-state index contributed by atoms with van der Waals surface area (Å²) in [4.78, 5) is 14.5. The Hall–Kier alpha value is -2.53. The summed E-state index contributed by atoms with van der Waals surface area (Å²) in [6.07, 6.45) is -1.38. The molecule has 1 fully saturated rings. The summed E-state index contributed by atoms with van der Waals surface area (Å²) in [6, 6.07) is 5.15. The second kappa shape index (κ2) is 9.38. The van der Waals surface area contributed by atoms with Gasteiger partial charge >= 0.3 is 6.18 Å². The van der Waals surface area contributed by atoms with Crippen LogP contribution in [0, 0.1) is 5.82 Å². The normalized spacial score (nSPS) is 14.8. The molecule has 0 spiro atoms. The summed E-state index contributed by atoms with van der Waals surface area (Å²) in [5.74, 6) is 0.0130. The van der Waals surface area contributed by atoms with Crippen molar-refractivity contribution in [3.63, 3.8) is 0 Å². The number of hydrogen-bond acceptors (Lipinski definition) is 6. The van der Waals surface area contributed by atoms with Crippen LogP contribution in [0.2, 0.25) is 18.1 Å². The highest BCUT2D eigenvalue weighted by molar-refractivity contribution is 6.74. The fourth-order valence-corrected chi connectivity index (χ4v) is 3.75. The van der Waals surface area contributed by atoms with E-state index in [1.165, 1.54) is 12.4 Å². The van der Waals surface area contributed by atoms with Crippen molar-refractivity contribution in [2.45, 2.75) is 51.7 Å². The van der Waals surface area contributed by atoms with Crippen molar-refractivity contribution in [2.24, 2.45) is 5.16 Å². The molecule has 1 aromatic carbocycles. The molecule has 0 aliphatic carbocycles. The van der Waals surface area contributed by atoms with Gasteiger partial charge in [0.15, 0.2) is 8.32 Å². The monoisotopic (exact) mass is 484 g/mol. The topological polar surface area (TPSA) is 59.8 Å². The van der Waals surface area contributed by atoms with E-state index in [-0.39, 0.29) is 30.6 Å². The summed E-state index contributed by atoms with van der Waals surface area (Å²) in [5.41, 5.74) is 1.84. The molecule has 1 saturated heterocycles. The van der Waals surface area contributed by atoms with Crippen molar-refractivity contribution >= 4 is 20.0 Å². The van der Waals surface area contributed by atoms with Crippen LogP contribution in [0.15, 0.2) is 35.7 Å². The van der Waals surface area contributed by atoms with Gasteiger partial charge in [0.05, 0.1) is 25.4 Å². The number of halogens is 4. The van der Waals surface area contributed by atoms with Crippen LogP contribution in [0.4, 0.5) is 23.5 Å². The molecule has 0 bridgehead atoms. The Morgan fingerprint density at radius 2 is 1.73 bits per heavy atom. The van der Waals surface area contributed by atoms with Crippen molar-refractivity contribution < 1.29 is 26.8 Å². The van der Waals surface area contributed by atoms with E-state index in [1.807, 2.05) is 0 Å². The lowest BCUT2D eigenvalue weighted by atomic mass is 10.1. The van der Waals surface area contributed by atoms with Crippen molar-refractivity contribution in [1.29, 1.82) is 0 Å². The molecule has 1 aromatic heterocycles. The zero-order valence-electron chi connectivity index (χ0n) is 19.3. The van der Waals surface area contributed by atoms with Crippen molar-refractivity contribution in [3.05, 3.63) is 42.0 Å². The average Bonchev–Trinajstić information content (AvgIpc) is 2.67. The second-order valence-corrected chi connectivity index (χ2v) is 14.3. The number of aromatic nitrogens is 2. The Kier molecular flexibility index (Phi) is 7.13. The Balaban J connectivity index is 1.64. The summed E-state index contributed by atoms with van der Waals surface area (Å²) >= 11 is 0. The summed E-state index contributed by atoms with van der Waals surface area (Å²) in [5, 5.41) is 3.49. The molecule has 1 aliphatic rings. The fraction of sp³-hybridized carbons (Fsp3) is 0.500. The van der Waals surface area contributed by atoms with Crippen LogP contribution in [0.5, 0.6) is 0 Å². The van der Waals surface area contributed by atoms with Gasteiger partial charge in [-0.2, -0.15) is 13.2 Å². The number of alkyl halides is 3. The zero-order valence-corrected chi connectivity index (χ0v) is 20.3. The van der Waals surface area contributed by atoms with E-state index >= 15 is 4.39 Å². The summed E-state index contributed by atoms with van der Waals surface area (Å²) in [6.45, 7) is 9.95. The van der Waals surface area contributed by atoms with Gasteiger partial charge in [-0.05, 0) is 18.1 Å². The highest BCUT2D eigenvalue weighted by Gasteiger charge is 2.37.